The van der Waals surface area contributed by atoms with E-state index in [1.807, 2.05) is 34.3 Å². The second-order valence-corrected chi connectivity index (χ2v) is 8.85. The Morgan fingerprint density at radius 3 is 3.03 bits per heavy atom. The second kappa shape index (κ2) is 6.88. The molecule has 5 heterocycles. The molecule has 0 bridgehead atoms. The lowest BCUT2D eigenvalue weighted by Crippen LogP contribution is -2.32. The third kappa shape index (κ3) is 2.98. The van der Waals surface area contributed by atoms with Crippen LogP contribution in [0.25, 0.3) is 21.6 Å². The van der Waals surface area contributed by atoms with Crippen molar-refractivity contribution < 1.29 is 0 Å². The maximum Gasteiger partial charge on any atom is 0.164 e. The van der Waals surface area contributed by atoms with Gasteiger partial charge in [-0.2, -0.15) is 5.10 Å². The molecule has 2 aliphatic rings. The van der Waals surface area contributed by atoms with E-state index in [1.54, 1.807) is 12.5 Å². The van der Waals surface area contributed by atoms with Crippen molar-refractivity contribution in [3.05, 3.63) is 47.1 Å². The molecule has 1 aliphatic heterocycles. The van der Waals surface area contributed by atoms with E-state index in [1.165, 1.54) is 28.7 Å². The molecule has 4 aromatic heterocycles. The highest BCUT2D eigenvalue weighted by Gasteiger charge is 2.25. The summed E-state index contributed by atoms with van der Waals surface area (Å²) in [5.74, 6) is 2.77. The molecule has 0 saturated carbocycles. The van der Waals surface area contributed by atoms with Crippen molar-refractivity contribution in [3.63, 3.8) is 0 Å². The SMILES string of the molecule is c1cncc(-c2nc(NC3CCc4ncnn4C3)c3c4c(sc3n2)CCCC4)c1. The monoisotopic (exact) mass is 403 g/mol. The summed E-state index contributed by atoms with van der Waals surface area (Å²) < 4.78 is 2.00. The summed E-state index contributed by atoms with van der Waals surface area (Å²) in [4.78, 5) is 21.1. The van der Waals surface area contributed by atoms with Gasteiger partial charge >= 0.3 is 0 Å². The lowest BCUT2D eigenvalue weighted by molar-refractivity contribution is 0.441. The van der Waals surface area contributed by atoms with Crippen LogP contribution in [0.4, 0.5) is 5.82 Å². The summed E-state index contributed by atoms with van der Waals surface area (Å²) in [7, 11) is 0. The number of nitrogens with one attached hydrogen (secondary N) is 1. The minimum atomic E-state index is 0.281. The van der Waals surface area contributed by atoms with Gasteiger partial charge in [-0.05, 0) is 49.8 Å². The van der Waals surface area contributed by atoms with Gasteiger partial charge < -0.3 is 5.32 Å². The third-order valence-electron chi connectivity index (χ3n) is 5.88. The molecule has 146 valence electrons. The quantitative estimate of drug-likeness (QED) is 0.562. The predicted molar refractivity (Wildman–Crippen MR) is 113 cm³/mol. The topological polar surface area (TPSA) is 81.4 Å². The number of nitrogens with zero attached hydrogens (tertiary/aromatic N) is 6. The summed E-state index contributed by atoms with van der Waals surface area (Å²) in [5, 5.41) is 9.33. The molecule has 0 saturated heterocycles. The molecule has 8 heteroatoms. The molecule has 0 radical (unpaired) electrons. The van der Waals surface area contributed by atoms with Crippen LogP contribution in [0.3, 0.4) is 0 Å². The average Bonchev–Trinajstić information content (AvgIpc) is 3.38. The number of aryl methyl sites for hydroxylation is 3. The number of rotatable bonds is 3. The van der Waals surface area contributed by atoms with Gasteiger partial charge in [0.15, 0.2) is 5.82 Å². The van der Waals surface area contributed by atoms with Crippen LogP contribution in [0.15, 0.2) is 30.9 Å². The average molecular weight is 404 g/mol. The molecular weight excluding hydrogens is 382 g/mol. The summed E-state index contributed by atoms with van der Waals surface area (Å²) >= 11 is 1.84. The van der Waals surface area contributed by atoms with Gasteiger partial charge in [-0.15, -0.1) is 11.3 Å². The Kier molecular flexibility index (Phi) is 4.04. The van der Waals surface area contributed by atoms with Gasteiger partial charge in [0.05, 0.1) is 11.9 Å². The van der Waals surface area contributed by atoms with Gasteiger partial charge in [0, 0.05) is 35.3 Å². The molecule has 29 heavy (non-hydrogen) atoms. The number of anilines is 1. The molecule has 1 N–H and O–H groups in total. The number of pyridine rings is 1. The van der Waals surface area contributed by atoms with Crippen molar-refractivity contribution in [2.45, 2.75) is 51.1 Å². The number of thiophene rings is 1. The maximum atomic E-state index is 4.99. The highest BCUT2D eigenvalue weighted by Crippen LogP contribution is 2.40. The van der Waals surface area contributed by atoms with Crippen LogP contribution in [0.1, 0.15) is 35.5 Å². The van der Waals surface area contributed by atoms with Gasteiger partial charge in [-0.25, -0.2) is 19.6 Å². The van der Waals surface area contributed by atoms with E-state index in [9.17, 15) is 0 Å². The van der Waals surface area contributed by atoms with Crippen LogP contribution >= 0.6 is 11.3 Å². The molecule has 1 atom stereocenters. The lowest BCUT2D eigenvalue weighted by Gasteiger charge is -2.25. The van der Waals surface area contributed by atoms with Gasteiger partial charge in [-0.3, -0.25) is 4.98 Å². The molecule has 0 amide bonds. The number of aromatic nitrogens is 6. The zero-order valence-electron chi connectivity index (χ0n) is 16.0. The predicted octanol–water partition coefficient (Wildman–Crippen LogP) is 3.65. The van der Waals surface area contributed by atoms with E-state index in [-0.39, 0.29) is 6.04 Å². The molecule has 0 spiro atoms. The first kappa shape index (κ1) is 17.0. The Morgan fingerprint density at radius 2 is 2.10 bits per heavy atom. The fourth-order valence-electron chi connectivity index (χ4n) is 4.43. The minimum Gasteiger partial charge on any atom is -0.365 e. The van der Waals surface area contributed by atoms with Crippen molar-refractivity contribution in [2.24, 2.45) is 0 Å². The smallest absolute Gasteiger partial charge is 0.164 e. The van der Waals surface area contributed by atoms with Crippen LogP contribution in [-0.4, -0.2) is 35.8 Å². The molecule has 0 fully saturated rings. The first-order chi connectivity index (χ1) is 14.3. The molecule has 6 rings (SSSR count). The van der Waals surface area contributed by atoms with E-state index in [0.717, 1.165) is 60.1 Å². The lowest BCUT2D eigenvalue weighted by atomic mass is 9.96. The maximum absolute atomic E-state index is 4.99. The summed E-state index contributed by atoms with van der Waals surface area (Å²) in [6, 6.07) is 4.24. The van der Waals surface area contributed by atoms with E-state index < -0.39 is 0 Å². The third-order valence-corrected chi connectivity index (χ3v) is 7.07. The molecule has 0 aromatic carbocycles. The van der Waals surface area contributed by atoms with E-state index in [4.69, 9.17) is 9.97 Å². The molecule has 4 aromatic rings. The number of fused-ring (bicyclic) bond motifs is 4. The molecule has 1 unspecified atom stereocenters. The molecule has 1 aliphatic carbocycles. The molecule has 7 nitrogen and oxygen atoms in total. The van der Waals surface area contributed by atoms with E-state index in [2.05, 4.69) is 20.4 Å². The first-order valence-electron chi connectivity index (χ1n) is 10.2. The standard InChI is InChI=1S/C21H21N7S/c1-2-6-16-15(5-1)18-20(25-14-7-8-17-23-12-24-28(17)11-14)26-19(27-21(18)29-16)13-4-3-9-22-10-13/h3-4,9-10,12,14H,1-2,5-8,11H2,(H,25,26,27). The first-order valence-corrected chi connectivity index (χ1v) is 11.0. The van der Waals surface area contributed by atoms with Crippen molar-refractivity contribution in [1.29, 1.82) is 0 Å². The number of hydrogen-bond donors (Lipinski definition) is 1. The fourth-order valence-corrected chi connectivity index (χ4v) is 5.70. The van der Waals surface area contributed by atoms with Gasteiger partial charge in [0.25, 0.3) is 0 Å². The Hall–Kier alpha value is -2.87. The fraction of sp³-hybridized carbons (Fsp3) is 0.381. The minimum absolute atomic E-state index is 0.281. The largest absolute Gasteiger partial charge is 0.365 e. The van der Waals surface area contributed by atoms with Crippen molar-refractivity contribution in [3.8, 4) is 11.4 Å². The van der Waals surface area contributed by atoms with E-state index >= 15 is 0 Å². The summed E-state index contributed by atoms with van der Waals surface area (Å²) in [6.07, 6.45) is 12.0. The zero-order valence-corrected chi connectivity index (χ0v) is 16.8. The normalized spacial score (nSPS) is 18.4. The summed E-state index contributed by atoms with van der Waals surface area (Å²) in [6.45, 7) is 0.815. The molecular formula is C21H21N7S. The van der Waals surface area contributed by atoms with Gasteiger partial charge in [-0.1, -0.05) is 0 Å². The van der Waals surface area contributed by atoms with Gasteiger partial charge in [0.2, 0.25) is 0 Å². The van der Waals surface area contributed by atoms with Crippen LogP contribution in [0, 0.1) is 0 Å². The van der Waals surface area contributed by atoms with Crippen LogP contribution in [0.2, 0.25) is 0 Å². The van der Waals surface area contributed by atoms with E-state index in [0.29, 0.717) is 0 Å². The second-order valence-electron chi connectivity index (χ2n) is 7.77. The van der Waals surface area contributed by atoms with Crippen LogP contribution in [0.5, 0.6) is 0 Å². The van der Waals surface area contributed by atoms with Crippen LogP contribution in [-0.2, 0) is 25.8 Å². The van der Waals surface area contributed by atoms with Crippen molar-refractivity contribution in [2.75, 3.05) is 5.32 Å². The van der Waals surface area contributed by atoms with Crippen molar-refractivity contribution >= 4 is 27.4 Å². The Bertz CT molecular complexity index is 1180. The number of hydrogen-bond acceptors (Lipinski definition) is 7. The Morgan fingerprint density at radius 1 is 1.14 bits per heavy atom. The van der Waals surface area contributed by atoms with Crippen molar-refractivity contribution in [1.82, 2.24) is 29.7 Å². The summed E-state index contributed by atoms with van der Waals surface area (Å²) in [5.41, 5.74) is 2.40. The van der Waals surface area contributed by atoms with Gasteiger partial charge in [0.1, 0.15) is 22.8 Å². The Labute approximate surface area is 172 Å². The Balaban J connectivity index is 1.45. The highest BCUT2D eigenvalue weighted by molar-refractivity contribution is 7.19. The van der Waals surface area contributed by atoms with Crippen LogP contribution < -0.4 is 5.32 Å². The zero-order chi connectivity index (χ0) is 19.2. The highest BCUT2D eigenvalue weighted by atomic mass is 32.1.